The fraction of sp³-hybridized carbons (Fsp3) is 0.263. The molecule has 6 heteroatoms. The van der Waals surface area contributed by atoms with Gasteiger partial charge in [0.15, 0.2) is 0 Å². The summed E-state index contributed by atoms with van der Waals surface area (Å²) in [5.74, 6) is -2.05. The molecule has 0 spiro atoms. The SMILES string of the molecule is NC(=O)c1ccc(CN(Cc2ccc(C(=O)O)cc2)C2CC2)c(F)c1. The second-order valence-corrected chi connectivity index (χ2v) is 6.31. The Morgan fingerprint density at radius 2 is 1.72 bits per heavy atom. The lowest BCUT2D eigenvalue weighted by Crippen LogP contribution is -2.25. The van der Waals surface area contributed by atoms with E-state index < -0.39 is 17.7 Å². The van der Waals surface area contributed by atoms with Gasteiger partial charge in [-0.1, -0.05) is 18.2 Å². The molecule has 25 heavy (non-hydrogen) atoms. The molecule has 0 aromatic heterocycles. The van der Waals surface area contributed by atoms with E-state index in [1.165, 1.54) is 12.1 Å². The highest BCUT2D eigenvalue weighted by molar-refractivity contribution is 5.92. The average Bonchev–Trinajstić information content (AvgIpc) is 3.41. The van der Waals surface area contributed by atoms with Gasteiger partial charge in [-0.15, -0.1) is 0 Å². The Labute approximate surface area is 144 Å². The van der Waals surface area contributed by atoms with Crippen LogP contribution in [0.4, 0.5) is 4.39 Å². The molecule has 0 heterocycles. The summed E-state index contributed by atoms with van der Waals surface area (Å²) in [6, 6.07) is 11.4. The fourth-order valence-electron chi connectivity index (χ4n) is 2.79. The summed E-state index contributed by atoms with van der Waals surface area (Å²) in [6.07, 6.45) is 2.13. The molecule has 0 unspecified atom stereocenters. The van der Waals surface area contributed by atoms with Gasteiger partial charge in [0.05, 0.1) is 5.56 Å². The van der Waals surface area contributed by atoms with Crippen LogP contribution in [0, 0.1) is 5.82 Å². The maximum Gasteiger partial charge on any atom is 0.335 e. The number of nitrogens with two attached hydrogens (primary N) is 1. The monoisotopic (exact) mass is 342 g/mol. The molecule has 1 fully saturated rings. The van der Waals surface area contributed by atoms with Crippen LogP contribution in [0.25, 0.3) is 0 Å². The number of carboxylic acids is 1. The molecule has 2 aromatic carbocycles. The third-order valence-corrected chi connectivity index (χ3v) is 4.36. The van der Waals surface area contributed by atoms with E-state index in [9.17, 15) is 14.0 Å². The van der Waals surface area contributed by atoms with E-state index in [1.54, 1.807) is 30.3 Å². The van der Waals surface area contributed by atoms with Gasteiger partial charge >= 0.3 is 5.97 Å². The molecule has 0 saturated heterocycles. The zero-order valence-electron chi connectivity index (χ0n) is 13.6. The fourth-order valence-corrected chi connectivity index (χ4v) is 2.79. The van der Waals surface area contributed by atoms with Gasteiger partial charge in [-0.05, 0) is 42.7 Å². The van der Waals surface area contributed by atoms with E-state index >= 15 is 0 Å². The molecular weight excluding hydrogens is 323 g/mol. The number of carbonyl (C=O) groups is 2. The van der Waals surface area contributed by atoms with Crippen molar-refractivity contribution in [3.63, 3.8) is 0 Å². The maximum absolute atomic E-state index is 14.2. The molecule has 1 saturated carbocycles. The first-order valence-corrected chi connectivity index (χ1v) is 8.08. The van der Waals surface area contributed by atoms with E-state index in [1.807, 2.05) is 0 Å². The number of aromatic carboxylic acids is 1. The number of carboxylic acid groups (broad SMARTS) is 1. The standard InChI is InChI=1S/C19H19FN2O3/c20-17-9-14(18(21)23)5-6-15(17)11-22(16-7-8-16)10-12-1-3-13(4-2-12)19(24)25/h1-6,9,16H,7-8,10-11H2,(H2,21,23)(H,24,25). The van der Waals surface area contributed by atoms with Crippen molar-refractivity contribution in [2.24, 2.45) is 5.73 Å². The van der Waals surface area contributed by atoms with Gasteiger partial charge in [0, 0.05) is 30.3 Å². The minimum absolute atomic E-state index is 0.156. The Morgan fingerprint density at radius 3 is 2.24 bits per heavy atom. The summed E-state index contributed by atoms with van der Waals surface area (Å²) >= 11 is 0. The predicted molar refractivity (Wildman–Crippen MR) is 90.6 cm³/mol. The number of amides is 1. The normalized spacial score (nSPS) is 13.8. The molecule has 0 radical (unpaired) electrons. The summed E-state index contributed by atoms with van der Waals surface area (Å²) in [7, 11) is 0. The van der Waals surface area contributed by atoms with Crippen molar-refractivity contribution in [3.05, 3.63) is 70.5 Å². The predicted octanol–water partition coefficient (Wildman–Crippen LogP) is 2.79. The first-order chi connectivity index (χ1) is 11.9. The average molecular weight is 342 g/mol. The number of nitrogens with zero attached hydrogens (tertiary/aromatic N) is 1. The zero-order chi connectivity index (χ0) is 18.0. The van der Waals surface area contributed by atoms with Gasteiger partial charge in [-0.3, -0.25) is 9.69 Å². The molecule has 5 nitrogen and oxygen atoms in total. The summed E-state index contributed by atoms with van der Waals surface area (Å²) in [6.45, 7) is 1.04. The van der Waals surface area contributed by atoms with Gasteiger partial charge in [0.2, 0.25) is 5.91 Å². The molecule has 1 amide bonds. The number of hydrogen-bond acceptors (Lipinski definition) is 3. The van der Waals surface area contributed by atoms with Crippen molar-refractivity contribution < 1.29 is 19.1 Å². The molecule has 1 aliphatic carbocycles. The van der Waals surface area contributed by atoms with E-state index in [-0.39, 0.29) is 11.1 Å². The topological polar surface area (TPSA) is 83.6 Å². The van der Waals surface area contributed by atoms with Crippen LogP contribution < -0.4 is 5.73 Å². The number of carbonyl (C=O) groups excluding carboxylic acids is 1. The first-order valence-electron chi connectivity index (χ1n) is 8.08. The summed E-state index contributed by atoms with van der Waals surface area (Å²) in [4.78, 5) is 24.2. The third-order valence-electron chi connectivity index (χ3n) is 4.36. The highest BCUT2D eigenvalue weighted by Gasteiger charge is 2.29. The molecule has 3 N–H and O–H groups in total. The van der Waals surface area contributed by atoms with E-state index in [0.29, 0.717) is 24.7 Å². The number of primary amides is 1. The van der Waals surface area contributed by atoms with Crippen LogP contribution in [0.3, 0.4) is 0 Å². The first kappa shape index (κ1) is 17.1. The Bertz CT molecular complexity index is 801. The van der Waals surface area contributed by atoms with Crippen LogP contribution in [0.1, 0.15) is 44.7 Å². The lowest BCUT2D eigenvalue weighted by atomic mass is 10.1. The van der Waals surface area contributed by atoms with E-state index in [4.69, 9.17) is 10.8 Å². The largest absolute Gasteiger partial charge is 0.478 e. The van der Waals surface area contributed by atoms with Crippen molar-refractivity contribution in [1.29, 1.82) is 0 Å². The molecule has 1 aliphatic rings. The Balaban J connectivity index is 1.74. The van der Waals surface area contributed by atoms with Gasteiger partial charge in [-0.25, -0.2) is 9.18 Å². The molecule has 2 aromatic rings. The van der Waals surface area contributed by atoms with E-state index in [0.717, 1.165) is 18.4 Å². The van der Waals surface area contributed by atoms with E-state index in [2.05, 4.69) is 4.90 Å². The molecular formula is C19H19FN2O3. The molecule has 3 rings (SSSR count). The maximum atomic E-state index is 14.2. The second kappa shape index (κ2) is 7.03. The number of benzene rings is 2. The van der Waals surface area contributed by atoms with Gasteiger partial charge in [0.1, 0.15) is 5.82 Å². The zero-order valence-corrected chi connectivity index (χ0v) is 13.6. The summed E-state index contributed by atoms with van der Waals surface area (Å²) in [5.41, 5.74) is 7.06. The lowest BCUT2D eigenvalue weighted by molar-refractivity contribution is 0.0696. The molecule has 0 bridgehead atoms. The minimum Gasteiger partial charge on any atom is -0.478 e. The van der Waals surface area contributed by atoms with Crippen LogP contribution in [-0.2, 0) is 13.1 Å². The second-order valence-electron chi connectivity index (χ2n) is 6.31. The molecule has 0 aliphatic heterocycles. The van der Waals surface area contributed by atoms with Crippen LogP contribution in [-0.4, -0.2) is 27.9 Å². The Hall–Kier alpha value is -2.73. The Kier molecular flexibility index (Phi) is 4.81. The number of halogens is 1. The van der Waals surface area contributed by atoms with Crippen molar-refractivity contribution in [1.82, 2.24) is 4.90 Å². The lowest BCUT2D eigenvalue weighted by Gasteiger charge is -2.22. The molecule has 0 atom stereocenters. The molecule has 130 valence electrons. The summed E-state index contributed by atoms with van der Waals surface area (Å²) < 4.78 is 14.2. The minimum atomic E-state index is -0.956. The van der Waals surface area contributed by atoms with Crippen molar-refractivity contribution in [3.8, 4) is 0 Å². The smallest absolute Gasteiger partial charge is 0.335 e. The highest BCUT2D eigenvalue weighted by Crippen LogP contribution is 2.30. The van der Waals surface area contributed by atoms with Crippen LogP contribution in [0.2, 0.25) is 0 Å². The number of rotatable bonds is 7. The van der Waals surface area contributed by atoms with Crippen molar-refractivity contribution in [2.45, 2.75) is 32.0 Å². The van der Waals surface area contributed by atoms with Crippen molar-refractivity contribution >= 4 is 11.9 Å². The summed E-state index contributed by atoms with van der Waals surface area (Å²) in [5, 5.41) is 8.96. The van der Waals surface area contributed by atoms with Crippen LogP contribution >= 0.6 is 0 Å². The quantitative estimate of drug-likeness (QED) is 0.810. The van der Waals surface area contributed by atoms with Gasteiger partial charge in [-0.2, -0.15) is 0 Å². The highest BCUT2D eigenvalue weighted by atomic mass is 19.1. The van der Waals surface area contributed by atoms with Gasteiger partial charge < -0.3 is 10.8 Å². The number of hydrogen-bond donors (Lipinski definition) is 2. The van der Waals surface area contributed by atoms with Crippen LogP contribution in [0.15, 0.2) is 42.5 Å². The Morgan fingerprint density at radius 1 is 1.08 bits per heavy atom. The van der Waals surface area contributed by atoms with Crippen molar-refractivity contribution in [2.75, 3.05) is 0 Å². The van der Waals surface area contributed by atoms with Crippen LogP contribution in [0.5, 0.6) is 0 Å². The third kappa shape index (κ3) is 4.22. The van der Waals surface area contributed by atoms with Gasteiger partial charge in [0.25, 0.3) is 0 Å².